The first-order chi connectivity index (χ1) is 13.0. The molecule has 0 spiro atoms. The van der Waals surface area contributed by atoms with Crippen LogP contribution in [0.3, 0.4) is 0 Å². The highest BCUT2D eigenvalue weighted by Gasteiger charge is 2.17. The van der Waals surface area contributed by atoms with Gasteiger partial charge in [0, 0.05) is 16.8 Å². The van der Waals surface area contributed by atoms with Gasteiger partial charge in [-0.1, -0.05) is 18.2 Å². The zero-order valence-electron chi connectivity index (χ0n) is 15.1. The molecular weight excluding hydrogens is 345 g/mol. The van der Waals surface area contributed by atoms with Crippen LogP contribution in [0, 0.1) is 31.0 Å². The third-order valence-corrected chi connectivity index (χ3v) is 4.33. The van der Waals surface area contributed by atoms with Crippen LogP contribution in [0.2, 0.25) is 0 Å². The summed E-state index contributed by atoms with van der Waals surface area (Å²) in [5, 5.41) is 13.4. The summed E-state index contributed by atoms with van der Waals surface area (Å²) in [4.78, 5) is 12.3. The van der Waals surface area contributed by atoms with Crippen LogP contribution in [0.1, 0.15) is 28.1 Å². The largest absolute Gasteiger partial charge is 0.460 e. The van der Waals surface area contributed by atoms with Crippen molar-refractivity contribution < 1.29 is 13.9 Å². The van der Waals surface area contributed by atoms with Crippen LogP contribution in [-0.2, 0) is 22.6 Å². The summed E-state index contributed by atoms with van der Waals surface area (Å²) in [7, 11) is 0. The van der Waals surface area contributed by atoms with Crippen molar-refractivity contribution in [3.8, 4) is 11.8 Å². The second kappa shape index (κ2) is 7.83. The number of carbonyl (C=O) groups excluding carboxylic acids is 1. The van der Waals surface area contributed by atoms with Crippen molar-refractivity contribution in [3.05, 3.63) is 82.4 Å². The van der Waals surface area contributed by atoms with Gasteiger partial charge < -0.3 is 4.74 Å². The lowest BCUT2D eigenvalue weighted by molar-refractivity contribution is -0.144. The lowest BCUT2D eigenvalue weighted by Gasteiger charge is -2.07. The number of rotatable bonds is 5. The number of halogens is 1. The topological polar surface area (TPSA) is 67.9 Å². The fourth-order valence-corrected chi connectivity index (χ4v) is 2.86. The summed E-state index contributed by atoms with van der Waals surface area (Å²) in [5.74, 6) is -0.985. The van der Waals surface area contributed by atoms with Gasteiger partial charge in [0.15, 0.2) is 0 Å². The van der Waals surface area contributed by atoms with Gasteiger partial charge in [-0.05, 0) is 44.2 Å². The number of carbonyl (C=O) groups is 1. The smallest absolute Gasteiger partial charge is 0.310 e. The Morgan fingerprint density at radius 2 is 1.96 bits per heavy atom. The second-order valence-corrected chi connectivity index (χ2v) is 6.15. The van der Waals surface area contributed by atoms with E-state index in [0.29, 0.717) is 5.56 Å². The van der Waals surface area contributed by atoms with Gasteiger partial charge in [-0.15, -0.1) is 0 Å². The van der Waals surface area contributed by atoms with Crippen molar-refractivity contribution >= 4 is 5.97 Å². The van der Waals surface area contributed by atoms with Crippen molar-refractivity contribution in [3.63, 3.8) is 0 Å². The zero-order valence-corrected chi connectivity index (χ0v) is 15.1. The number of aryl methyl sites for hydroxylation is 1. The Morgan fingerprint density at radius 3 is 2.67 bits per heavy atom. The summed E-state index contributed by atoms with van der Waals surface area (Å²) in [6.07, 6.45) is 0.0457. The molecule has 3 aromatic rings. The average Bonchev–Trinajstić information content (AvgIpc) is 2.96. The number of esters is 1. The predicted octanol–water partition coefficient (Wildman–Crippen LogP) is 3.79. The third kappa shape index (κ3) is 4.04. The van der Waals surface area contributed by atoms with E-state index >= 15 is 0 Å². The molecule has 3 rings (SSSR count). The fraction of sp³-hybridized carbons (Fsp3) is 0.190. The van der Waals surface area contributed by atoms with E-state index in [1.54, 1.807) is 4.68 Å². The van der Waals surface area contributed by atoms with Crippen molar-refractivity contribution in [2.24, 2.45) is 0 Å². The lowest BCUT2D eigenvalue weighted by atomic mass is 10.1. The van der Waals surface area contributed by atoms with Crippen LogP contribution < -0.4 is 0 Å². The molecule has 1 aromatic heterocycles. The molecule has 0 aliphatic heterocycles. The summed E-state index contributed by atoms with van der Waals surface area (Å²) >= 11 is 0. The van der Waals surface area contributed by atoms with Crippen LogP contribution in [0.5, 0.6) is 0 Å². The fourth-order valence-electron chi connectivity index (χ4n) is 2.86. The van der Waals surface area contributed by atoms with Crippen molar-refractivity contribution in [2.45, 2.75) is 26.9 Å². The summed E-state index contributed by atoms with van der Waals surface area (Å²) in [5.41, 5.74) is 3.79. The Hall–Kier alpha value is -3.46. The molecule has 27 heavy (non-hydrogen) atoms. The van der Waals surface area contributed by atoms with E-state index in [1.165, 1.54) is 18.2 Å². The van der Waals surface area contributed by atoms with E-state index in [4.69, 9.17) is 10.00 Å². The van der Waals surface area contributed by atoms with Crippen LogP contribution in [0.4, 0.5) is 4.39 Å². The average molecular weight is 363 g/mol. The first kappa shape index (κ1) is 18.3. The van der Waals surface area contributed by atoms with Gasteiger partial charge in [0.1, 0.15) is 12.4 Å². The number of benzene rings is 2. The van der Waals surface area contributed by atoms with E-state index < -0.39 is 11.8 Å². The number of hydrogen-bond donors (Lipinski definition) is 0. The minimum Gasteiger partial charge on any atom is -0.460 e. The Morgan fingerprint density at radius 1 is 1.22 bits per heavy atom. The van der Waals surface area contributed by atoms with Gasteiger partial charge in [0.2, 0.25) is 0 Å². The molecule has 6 heteroatoms. The second-order valence-electron chi connectivity index (χ2n) is 6.15. The molecule has 136 valence electrons. The third-order valence-electron chi connectivity index (χ3n) is 4.33. The van der Waals surface area contributed by atoms with E-state index in [1.807, 2.05) is 50.2 Å². The van der Waals surface area contributed by atoms with Crippen LogP contribution in [-0.4, -0.2) is 15.7 Å². The standard InChI is InChI=1S/C21H18FN3O2/c1-14-19(15(2)25(24-14)18-6-4-3-5-7-18)11-21(26)27-13-17-10-16(12-23)8-9-20(17)22/h3-10H,11,13H2,1-2H3. The molecule has 0 unspecified atom stereocenters. The minimum absolute atomic E-state index is 0.0457. The van der Waals surface area contributed by atoms with E-state index in [-0.39, 0.29) is 18.6 Å². The maximum atomic E-state index is 13.8. The van der Waals surface area contributed by atoms with Gasteiger partial charge in [-0.2, -0.15) is 10.4 Å². The van der Waals surface area contributed by atoms with Gasteiger partial charge in [-0.25, -0.2) is 9.07 Å². The molecule has 0 aliphatic rings. The van der Waals surface area contributed by atoms with E-state index in [0.717, 1.165) is 22.6 Å². The molecular formula is C21H18FN3O2. The number of para-hydroxylation sites is 1. The minimum atomic E-state index is -0.508. The monoisotopic (exact) mass is 363 g/mol. The number of ether oxygens (including phenoxy) is 1. The molecule has 0 atom stereocenters. The number of nitrogens with zero attached hydrogens (tertiary/aromatic N) is 3. The highest BCUT2D eigenvalue weighted by molar-refractivity contribution is 5.73. The van der Waals surface area contributed by atoms with Crippen LogP contribution in [0.15, 0.2) is 48.5 Å². The number of nitriles is 1. The molecule has 0 bridgehead atoms. The molecule has 5 nitrogen and oxygen atoms in total. The molecule has 0 saturated carbocycles. The van der Waals surface area contributed by atoms with Crippen molar-refractivity contribution in [2.75, 3.05) is 0 Å². The number of hydrogen-bond acceptors (Lipinski definition) is 4. The molecule has 0 aliphatic carbocycles. The zero-order chi connectivity index (χ0) is 19.4. The maximum Gasteiger partial charge on any atom is 0.310 e. The van der Waals surface area contributed by atoms with Gasteiger partial charge in [0.05, 0.1) is 29.4 Å². The van der Waals surface area contributed by atoms with Crippen LogP contribution >= 0.6 is 0 Å². The highest BCUT2D eigenvalue weighted by atomic mass is 19.1. The molecule has 2 aromatic carbocycles. The van der Waals surface area contributed by atoms with Crippen LogP contribution in [0.25, 0.3) is 5.69 Å². The summed E-state index contributed by atoms with van der Waals surface area (Å²) in [6.45, 7) is 3.52. The Balaban J connectivity index is 1.72. The predicted molar refractivity (Wildman–Crippen MR) is 97.7 cm³/mol. The van der Waals surface area contributed by atoms with E-state index in [9.17, 15) is 9.18 Å². The Kier molecular flexibility index (Phi) is 5.32. The normalized spacial score (nSPS) is 10.4. The Labute approximate surface area is 156 Å². The molecule has 0 amide bonds. The molecule has 0 saturated heterocycles. The SMILES string of the molecule is Cc1nn(-c2ccccc2)c(C)c1CC(=O)OCc1cc(C#N)ccc1F. The summed E-state index contributed by atoms with van der Waals surface area (Å²) < 4.78 is 20.8. The molecule has 0 radical (unpaired) electrons. The lowest BCUT2D eigenvalue weighted by Crippen LogP contribution is -2.10. The van der Waals surface area contributed by atoms with Gasteiger partial charge in [-0.3, -0.25) is 4.79 Å². The molecule has 0 fully saturated rings. The first-order valence-electron chi connectivity index (χ1n) is 8.44. The maximum absolute atomic E-state index is 13.8. The first-order valence-corrected chi connectivity index (χ1v) is 8.44. The van der Waals surface area contributed by atoms with Crippen molar-refractivity contribution in [1.29, 1.82) is 5.26 Å². The van der Waals surface area contributed by atoms with Gasteiger partial charge >= 0.3 is 5.97 Å². The highest BCUT2D eigenvalue weighted by Crippen LogP contribution is 2.19. The van der Waals surface area contributed by atoms with Gasteiger partial charge in [0.25, 0.3) is 0 Å². The van der Waals surface area contributed by atoms with Crippen molar-refractivity contribution in [1.82, 2.24) is 9.78 Å². The molecule has 0 N–H and O–H groups in total. The molecule has 1 heterocycles. The summed E-state index contributed by atoms with van der Waals surface area (Å²) in [6, 6.07) is 15.5. The quantitative estimate of drug-likeness (QED) is 0.647. The number of aromatic nitrogens is 2. The van der Waals surface area contributed by atoms with E-state index in [2.05, 4.69) is 5.10 Å². The Bertz CT molecular complexity index is 1020.